The minimum absolute atomic E-state index is 0.370. The molecule has 0 amide bonds. The second kappa shape index (κ2) is 4.22. The van der Waals surface area contributed by atoms with Crippen LogP contribution >= 0.6 is 11.6 Å². The van der Waals surface area contributed by atoms with Crippen molar-refractivity contribution in [3.63, 3.8) is 0 Å². The molecule has 1 aromatic rings. The predicted octanol–water partition coefficient (Wildman–Crippen LogP) is 2.75. The van der Waals surface area contributed by atoms with E-state index in [4.69, 9.17) is 11.6 Å². The van der Waals surface area contributed by atoms with Crippen molar-refractivity contribution >= 4 is 11.6 Å². The van der Waals surface area contributed by atoms with Crippen molar-refractivity contribution in [3.05, 3.63) is 29.0 Å². The monoisotopic (exact) mass is 261 g/mol. The van der Waals surface area contributed by atoms with Crippen LogP contribution in [0.2, 0.25) is 5.15 Å². The number of piperidine rings is 1. The number of pyridine rings is 1. The van der Waals surface area contributed by atoms with Gasteiger partial charge in [0.1, 0.15) is 5.15 Å². The van der Waals surface area contributed by atoms with Crippen LogP contribution in [0.4, 0.5) is 0 Å². The molecule has 94 valence electrons. The van der Waals surface area contributed by atoms with Gasteiger partial charge in [-0.15, -0.1) is 0 Å². The summed E-state index contributed by atoms with van der Waals surface area (Å²) >= 11 is 5.97. The number of halogens is 1. The van der Waals surface area contributed by atoms with Crippen LogP contribution in [0, 0.1) is 11.3 Å². The third-order valence-electron chi connectivity index (χ3n) is 4.65. The van der Waals surface area contributed by atoms with E-state index < -0.39 is 0 Å². The highest BCUT2D eigenvalue weighted by atomic mass is 35.5. The van der Waals surface area contributed by atoms with Crippen molar-refractivity contribution in [2.75, 3.05) is 7.05 Å². The van der Waals surface area contributed by atoms with E-state index in [0.717, 1.165) is 18.4 Å². The highest BCUT2D eigenvalue weighted by Crippen LogP contribution is 2.46. The van der Waals surface area contributed by atoms with Crippen molar-refractivity contribution in [2.24, 2.45) is 0 Å². The molecule has 0 N–H and O–H groups in total. The van der Waals surface area contributed by atoms with Gasteiger partial charge < -0.3 is 4.90 Å². The molecular formula is C14H16ClN3. The normalized spacial score (nSPS) is 35.4. The zero-order valence-corrected chi connectivity index (χ0v) is 11.2. The van der Waals surface area contributed by atoms with Crippen LogP contribution < -0.4 is 0 Å². The third-order valence-corrected chi connectivity index (χ3v) is 4.85. The van der Waals surface area contributed by atoms with Crippen LogP contribution in [0.3, 0.4) is 0 Å². The summed E-state index contributed by atoms with van der Waals surface area (Å²) in [5.41, 5.74) is 0.667. The lowest BCUT2D eigenvalue weighted by atomic mass is 9.71. The Bertz CT molecular complexity index is 494. The Kier molecular flexibility index (Phi) is 2.80. The Morgan fingerprint density at radius 1 is 1.44 bits per heavy atom. The Morgan fingerprint density at radius 3 is 2.67 bits per heavy atom. The van der Waals surface area contributed by atoms with Gasteiger partial charge in [0, 0.05) is 18.3 Å². The van der Waals surface area contributed by atoms with Gasteiger partial charge in [0.25, 0.3) is 0 Å². The lowest BCUT2D eigenvalue weighted by Crippen LogP contribution is -2.47. The summed E-state index contributed by atoms with van der Waals surface area (Å²) in [4.78, 5) is 6.46. The van der Waals surface area contributed by atoms with E-state index in [1.807, 2.05) is 12.1 Å². The summed E-state index contributed by atoms with van der Waals surface area (Å²) in [6, 6.07) is 7.44. The fraction of sp³-hybridized carbons (Fsp3) is 0.571. The van der Waals surface area contributed by atoms with E-state index in [-0.39, 0.29) is 5.41 Å². The van der Waals surface area contributed by atoms with Gasteiger partial charge in [-0.05, 0) is 50.4 Å². The van der Waals surface area contributed by atoms with E-state index in [1.54, 1.807) is 6.20 Å². The minimum atomic E-state index is -0.370. The number of hydrogen-bond donors (Lipinski definition) is 0. The molecule has 2 aliphatic rings. The average Bonchev–Trinajstić information content (AvgIpc) is 2.62. The van der Waals surface area contributed by atoms with Crippen molar-refractivity contribution in [1.82, 2.24) is 9.88 Å². The maximum atomic E-state index is 9.70. The molecule has 2 unspecified atom stereocenters. The summed E-state index contributed by atoms with van der Waals surface area (Å²) in [6.07, 6.45) is 5.96. The Morgan fingerprint density at radius 2 is 2.11 bits per heavy atom. The molecule has 3 nitrogen and oxygen atoms in total. The Hall–Kier alpha value is -1.11. The van der Waals surface area contributed by atoms with E-state index >= 15 is 0 Å². The molecular weight excluding hydrogens is 246 g/mol. The molecule has 3 heterocycles. The van der Waals surface area contributed by atoms with Crippen LogP contribution in [-0.2, 0) is 5.41 Å². The molecule has 2 aliphatic heterocycles. The zero-order chi connectivity index (χ0) is 12.8. The van der Waals surface area contributed by atoms with Gasteiger partial charge in [-0.2, -0.15) is 5.26 Å². The highest BCUT2D eigenvalue weighted by molar-refractivity contribution is 6.29. The second-order valence-electron chi connectivity index (χ2n) is 5.52. The molecule has 0 aromatic carbocycles. The molecule has 1 aromatic heterocycles. The number of aromatic nitrogens is 1. The summed E-state index contributed by atoms with van der Waals surface area (Å²) in [5, 5.41) is 10.2. The molecule has 0 aliphatic carbocycles. The van der Waals surface area contributed by atoms with Gasteiger partial charge in [0.15, 0.2) is 0 Å². The standard InChI is InChI=1S/C14H16ClN3/c1-18-11-2-3-12(18)8-14(7-11,9-16)10-4-5-17-13(15)6-10/h4-6,11-12H,2-3,7-8H2,1H3. The Balaban J connectivity index is 2.00. The van der Waals surface area contributed by atoms with Gasteiger partial charge in [0.2, 0.25) is 0 Å². The molecule has 4 heteroatoms. The summed E-state index contributed by atoms with van der Waals surface area (Å²) in [5.74, 6) is 0. The van der Waals surface area contributed by atoms with E-state index in [9.17, 15) is 5.26 Å². The maximum Gasteiger partial charge on any atom is 0.129 e. The third kappa shape index (κ3) is 1.72. The highest BCUT2D eigenvalue weighted by Gasteiger charge is 2.48. The van der Waals surface area contributed by atoms with Gasteiger partial charge >= 0.3 is 0 Å². The summed E-state index contributed by atoms with van der Waals surface area (Å²) in [7, 11) is 2.18. The Labute approximate surface area is 112 Å². The molecule has 0 saturated carbocycles. The number of nitrogens with zero attached hydrogens (tertiary/aromatic N) is 3. The predicted molar refractivity (Wildman–Crippen MR) is 70.3 cm³/mol. The number of nitriles is 1. The maximum absolute atomic E-state index is 9.70. The summed E-state index contributed by atoms with van der Waals surface area (Å²) < 4.78 is 0. The van der Waals surface area contributed by atoms with Crippen molar-refractivity contribution < 1.29 is 0 Å². The average molecular weight is 262 g/mol. The van der Waals surface area contributed by atoms with Gasteiger partial charge in [-0.25, -0.2) is 4.98 Å². The van der Waals surface area contributed by atoms with Crippen molar-refractivity contribution in [1.29, 1.82) is 5.26 Å². The molecule has 3 rings (SSSR count). The molecule has 2 atom stereocenters. The van der Waals surface area contributed by atoms with E-state index in [2.05, 4.69) is 23.0 Å². The van der Waals surface area contributed by atoms with Gasteiger partial charge in [-0.1, -0.05) is 11.6 Å². The summed E-state index contributed by atoms with van der Waals surface area (Å²) in [6.45, 7) is 0. The van der Waals surface area contributed by atoms with Gasteiger partial charge in [-0.3, -0.25) is 0 Å². The molecule has 2 saturated heterocycles. The lowest BCUT2D eigenvalue weighted by Gasteiger charge is -2.41. The zero-order valence-electron chi connectivity index (χ0n) is 10.4. The number of fused-ring (bicyclic) bond motifs is 2. The lowest BCUT2D eigenvalue weighted by molar-refractivity contribution is 0.135. The number of rotatable bonds is 1. The molecule has 0 radical (unpaired) electrons. The van der Waals surface area contributed by atoms with Crippen molar-refractivity contribution in [3.8, 4) is 6.07 Å². The minimum Gasteiger partial charge on any atom is -0.300 e. The van der Waals surface area contributed by atoms with E-state index in [1.165, 1.54) is 12.8 Å². The van der Waals surface area contributed by atoms with Crippen LogP contribution in [0.1, 0.15) is 31.2 Å². The van der Waals surface area contributed by atoms with Crippen molar-refractivity contribution in [2.45, 2.75) is 43.2 Å². The quantitative estimate of drug-likeness (QED) is 0.730. The van der Waals surface area contributed by atoms with E-state index in [0.29, 0.717) is 17.2 Å². The van der Waals surface area contributed by atoms with Gasteiger partial charge in [0.05, 0.1) is 11.5 Å². The van der Waals surface area contributed by atoms with Crippen LogP contribution in [-0.4, -0.2) is 29.0 Å². The molecule has 2 bridgehead atoms. The number of hydrogen-bond acceptors (Lipinski definition) is 3. The first kappa shape index (κ1) is 12.0. The molecule has 2 fully saturated rings. The second-order valence-corrected chi connectivity index (χ2v) is 5.91. The fourth-order valence-corrected chi connectivity index (χ4v) is 3.74. The van der Waals surface area contributed by atoms with Crippen LogP contribution in [0.25, 0.3) is 0 Å². The van der Waals surface area contributed by atoms with Crippen LogP contribution in [0.15, 0.2) is 18.3 Å². The first-order chi connectivity index (χ1) is 8.64. The fourth-order valence-electron chi connectivity index (χ4n) is 3.56. The first-order valence-corrected chi connectivity index (χ1v) is 6.78. The smallest absolute Gasteiger partial charge is 0.129 e. The SMILES string of the molecule is CN1C2CCC1CC(C#N)(c1ccnc(Cl)c1)C2. The van der Waals surface area contributed by atoms with Crippen LogP contribution in [0.5, 0.6) is 0 Å². The molecule has 0 spiro atoms. The topological polar surface area (TPSA) is 39.9 Å². The first-order valence-electron chi connectivity index (χ1n) is 6.40. The molecule has 18 heavy (non-hydrogen) atoms. The largest absolute Gasteiger partial charge is 0.300 e.